The van der Waals surface area contributed by atoms with E-state index in [0.717, 1.165) is 32.5 Å². The Morgan fingerprint density at radius 3 is 2.71 bits per heavy atom. The third-order valence-electron chi connectivity index (χ3n) is 2.78. The number of ether oxygens (including phenoxy) is 1. The Kier molecular flexibility index (Phi) is 10.6. The molecule has 0 saturated carbocycles. The van der Waals surface area contributed by atoms with E-state index in [1.165, 1.54) is 12.1 Å². The van der Waals surface area contributed by atoms with Gasteiger partial charge in [0.15, 0.2) is 0 Å². The van der Waals surface area contributed by atoms with Gasteiger partial charge in [0.1, 0.15) is 5.75 Å². The summed E-state index contributed by atoms with van der Waals surface area (Å²) in [6.07, 6.45) is 1.96. The highest BCUT2D eigenvalue weighted by molar-refractivity contribution is 5.85. The second-order valence-electron chi connectivity index (χ2n) is 4.86. The van der Waals surface area contributed by atoms with E-state index in [2.05, 4.69) is 24.3 Å². The van der Waals surface area contributed by atoms with Gasteiger partial charge in [-0.25, -0.2) is 0 Å². The molecule has 120 valence electrons. The van der Waals surface area contributed by atoms with Gasteiger partial charge in [-0.3, -0.25) is 10.1 Å². The van der Waals surface area contributed by atoms with Crippen LogP contribution in [0.4, 0.5) is 5.69 Å². The molecule has 0 unspecified atom stereocenters. The molecule has 0 fully saturated rings. The number of non-ortho nitro benzene ring substituents is 1. The number of hydrogen-bond acceptors (Lipinski definition) is 5. The van der Waals surface area contributed by atoms with Crippen LogP contribution in [0.1, 0.15) is 12.8 Å². The largest absolute Gasteiger partial charge is 0.493 e. The second kappa shape index (κ2) is 11.3. The molecule has 1 rings (SSSR count). The maximum absolute atomic E-state index is 10.6. The van der Waals surface area contributed by atoms with Gasteiger partial charge in [-0.2, -0.15) is 0 Å². The molecule has 0 aromatic heterocycles. The fourth-order valence-electron chi connectivity index (χ4n) is 1.66. The Hall–Kier alpha value is -1.37. The van der Waals surface area contributed by atoms with Crippen LogP contribution >= 0.6 is 12.4 Å². The zero-order valence-corrected chi connectivity index (χ0v) is 13.4. The molecule has 21 heavy (non-hydrogen) atoms. The van der Waals surface area contributed by atoms with E-state index in [1.807, 2.05) is 0 Å². The van der Waals surface area contributed by atoms with Crippen molar-refractivity contribution in [3.63, 3.8) is 0 Å². The predicted molar refractivity (Wildman–Crippen MR) is 86.5 cm³/mol. The van der Waals surface area contributed by atoms with Crippen LogP contribution in [0, 0.1) is 10.1 Å². The lowest BCUT2D eigenvalue weighted by Crippen LogP contribution is -2.27. The number of nitrogens with one attached hydrogen (secondary N) is 1. The number of nitro groups is 1. The first-order valence-corrected chi connectivity index (χ1v) is 6.82. The fraction of sp³-hybridized carbons (Fsp3) is 0.571. The molecule has 0 bridgehead atoms. The summed E-state index contributed by atoms with van der Waals surface area (Å²) < 4.78 is 5.50. The molecule has 1 aromatic rings. The van der Waals surface area contributed by atoms with Crippen molar-refractivity contribution in [3.05, 3.63) is 34.4 Å². The maximum atomic E-state index is 10.6. The van der Waals surface area contributed by atoms with Crippen molar-refractivity contribution in [2.24, 2.45) is 0 Å². The summed E-state index contributed by atoms with van der Waals surface area (Å²) in [5.74, 6) is 0.555. The average Bonchev–Trinajstić information content (AvgIpc) is 2.41. The van der Waals surface area contributed by atoms with Gasteiger partial charge < -0.3 is 15.0 Å². The second-order valence-corrected chi connectivity index (χ2v) is 4.86. The molecule has 6 nitrogen and oxygen atoms in total. The van der Waals surface area contributed by atoms with Crippen LogP contribution in [0.3, 0.4) is 0 Å². The molecule has 0 heterocycles. The Labute approximate surface area is 132 Å². The normalized spacial score (nSPS) is 10.2. The van der Waals surface area contributed by atoms with Crippen LogP contribution in [-0.2, 0) is 0 Å². The highest BCUT2D eigenvalue weighted by atomic mass is 35.5. The highest BCUT2D eigenvalue weighted by Gasteiger charge is 2.05. The summed E-state index contributed by atoms with van der Waals surface area (Å²) in [5, 5.41) is 14.0. The minimum Gasteiger partial charge on any atom is -0.493 e. The van der Waals surface area contributed by atoms with Crippen molar-refractivity contribution in [2.75, 3.05) is 40.3 Å². The van der Waals surface area contributed by atoms with E-state index in [0.29, 0.717) is 12.4 Å². The van der Waals surface area contributed by atoms with Crippen LogP contribution in [0.15, 0.2) is 24.3 Å². The van der Waals surface area contributed by atoms with Gasteiger partial charge in [-0.05, 0) is 39.5 Å². The van der Waals surface area contributed by atoms with Crippen LogP contribution in [0.25, 0.3) is 0 Å². The molecule has 0 radical (unpaired) electrons. The quantitative estimate of drug-likeness (QED) is 0.407. The monoisotopic (exact) mass is 317 g/mol. The molecule has 1 aromatic carbocycles. The lowest BCUT2D eigenvalue weighted by molar-refractivity contribution is -0.384. The maximum Gasteiger partial charge on any atom is 0.273 e. The third-order valence-corrected chi connectivity index (χ3v) is 2.78. The summed E-state index contributed by atoms with van der Waals surface area (Å²) in [7, 11) is 4.10. The molecule has 0 saturated heterocycles. The topological polar surface area (TPSA) is 67.6 Å². The molecule has 0 aliphatic heterocycles. The molecule has 0 aliphatic carbocycles. The van der Waals surface area contributed by atoms with Gasteiger partial charge in [0.2, 0.25) is 0 Å². The average molecular weight is 318 g/mol. The van der Waals surface area contributed by atoms with Crippen molar-refractivity contribution >= 4 is 18.1 Å². The summed E-state index contributed by atoms with van der Waals surface area (Å²) in [6, 6.07) is 6.29. The fourth-order valence-corrected chi connectivity index (χ4v) is 1.66. The first-order chi connectivity index (χ1) is 9.59. The van der Waals surface area contributed by atoms with Crippen LogP contribution in [0.2, 0.25) is 0 Å². The molecule has 0 spiro atoms. The van der Waals surface area contributed by atoms with Crippen molar-refractivity contribution < 1.29 is 9.66 Å². The van der Waals surface area contributed by atoms with Gasteiger partial charge in [-0.15, -0.1) is 12.4 Å². The van der Waals surface area contributed by atoms with Crippen LogP contribution in [-0.4, -0.2) is 50.2 Å². The van der Waals surface area contributed by atoms with Gasteiger partial charge in [0, 0.05) is 19.2 Å². The van der Waals surface area contributed by atoms with E-state index >= 15 is 0 Å². The van der Waals surface area contributed by atoms with Gasteiger partial charge in [-0.1, -0.05) is 6.07 Å². The number of halogens is 1. The molecule has 0 atom stereocenters. The zero-order valence-electron chi connectivity index (χ0n) is 12.6. The summed E-state index contributed by atoms with van der Waals surface area (Å²) in [5.41, 5.74) is 0.0628. The van der Waals surface area contributed by atoms with Crippen LogP contribution in [0.5, 0.6) is 5.75 Å². The molecule has 7 heteroatoms. The minimum absolute atomic E-state index is 0. The van der Waals surface area contributed by atoms with E-state index in [-0.39, 0.29) is 18.1 Å². The van der Waals surface area contributed by atoms with Crippen molar-refractivity contribution in [1.29, 1.82) is 0 Å². The van der Waals surface area contributed by atoms with E-state index in [4.69, 9.17) is 4.74 Å². The Morgan fingerprint density at radius 1 is 1.29 bits per heavy atom. The number of nitro benzene ring substituents is 1. The zero-order chi connectivity index (χ0) is 14.8. The number of likely N-dealkylation sites (N-methyl/N-ethyl adjacent to an activating group) is 1. The Balaban J connectivity index is 0.00000400. The van der Waals surface area contributed by atoms with Crippen molar-refractivity contribution in [1.82, 2.24) is 10.2 Å². The van der Waals surface area contributed by atoms with Gasteiger partial charge in [0.25, 0.3) is 5.69 Å². The first kappa shape index (κ1) is 19.6. The predicted octanol–water partition coefficient (Wildman–Crippen LogP) is 2.33. The Bertz CT molecular complexity index is 416. The smallest absolute Gasteiger partial charge is 0.273 e. The van der Waals surface area contributed by atoms with E-state index < -0.39 is 4.92 Å². The number of benzene rings is 1. The highest BCUT2D eigenvalue weighted by Crippen LogP contribution is 2.19. The summed E-state index contributed by atoms with van der Waals surface area (Å²) in [4.78, 5) is 12.3. The number of nitrogens with zero attached hydrogens (tertiary/aromatic N) is 2. The standard InChI is InChI=1S/C14H23N3O3.ClH/c1-16(2)10-9-15-8-3-4-11-20-14-7-5-6-13(12-14)17(18)19;/h5-7,12,15H,3-4,8-11H2,1-2H3;1H. The minimum atomic E-state index is -0.415. The Morgan fingerprint density at radius 2 is 2.05 bits per heavy atom. The van der Waals surface area contributed by atoms with Crippen molar-refractivity contribution in [3.8, 4) is 5.75 Å². The van der Waals surface area contributed by atoms with E-state index in [9.17, 15) is 10.1 Å². The summed E-state index contributed by atoms with van der Waals surface area (Å²) in [6.45, 7) is 3.56. The van der Waals surface area contributed by atoms with Crippen LogP contribution < -0.4 is 10.1 Å². The SMILES string of the molecule is CN(C)CCNCCCCOc1cccc([N+](=O)[O-])c1.Cl. The van der Waals surface area contributed by atoms with Gasteiger partial charge in [0.05, 0.1) is 17.6 Å². The van der Waals surface area contributed by atoms with Crippen molar-refractivity contribution in [2.45, 2.75) is 12.8 Å². The lowest BCUT2D eigenvalue weighted by atomic mass is 10.3. The first-order valence-electron chi connectivity index (χ1n) is 6.82. The molecule has 1 N–H and O–H groups in total. The number of hydrogen-bond donors (Lipinski definition) is 1. The summed E-state index contributed by atoms with van der Waals surface area (Å²) >= 11 is 0. The molecular formula is C14H24ClN3O3. The third kappa shape index (κ3) is 9.23. The number of unbranched alkanes of at least 4 members (excludes halogenated alkanes) is 1. The molecular weight excluding hydrogens is 294 g/mol. The molecule has 0 amide bonds. The number of rotatable bonds is 10. The van der Waals surface area contributed by atoms with E-state index in [1.54, 1.807) is 12.1 Å². The van der Waals surface area contributed by atoms with Gasteiger partial charge >= 0.3 is 0 Å². The molecule has 0 aliphatic rings. The lowest BCUT2D eigenvalue weighted by Gasteiger charge is -2.10.